The lowest BCUT2D eigenvalue weighted by Gasteiger charge is -2.48. The van der Waals surface area contributed by atoms with Crippen LogP contribution in [0.4, 0.5) is 0 Å². The Bertz CT molecular complexity index is 262. The normalized spacial score (nSPS) is 35.7. The van der Waals surface area contributed by atoms with Gasteiger partial charge in [0.2, 0.25) is 0 Å². The second kappa shape index (κ2) is 5.92. The summed E-state index contributed by atoms with van der Waals surface area (Å²) in [5.41, 5.74) is 0.394. The highest BCUT2D eigenvalue weighted by atomic mass is 15.3. The average Bonchev–Trinajstić information content (AvgIpc) is 3.17. The monoisotopic (exact) mass is 252 g/mol. The Labute approximate surface area is 114 Å². The summed E-state index contributed by atoms with van der Waals surface area (Å²) in [5.74, 6) is 0.940. The molecule has 3 atom stereocenters. The van der Waals surface area contributed by atoms with Gasteiger partial charge < -0.3 is 5.32 Å². The predicted octanol–water partition coefficient (Wildman–Crippen LogP) is 3.42. The molecule has 1 aliphatic carbocycles. The molecule has 1 saturated carbocycles. The molecule has 106 valence electrons. The van der Waals surface area contributed by atoms with Gasteiger partial charge in [-0.25, -0.2) is 0 Å². The summed E-state index contributed by atoms with van der Waals surface area (Å²) in [7, 11) is 0. The number of nitrogens with zero attached hydrogens (tertiary/aromatic N) is 1. The van der Waals surface area contributed by atoms with Crippen molar-refractivity contribution in [2.75, 3.05) is 13.1 Å². The van der Waals surface area contributed by atoms with Gasteiger partial charge in [-0.2, -0.15) is 0 Å². The van der Waals surface area contributed by atoms with Gasteiger partial charge >= 0.3 is 0 Å². The van der Waals surface area contributed by atoms with Crippen molar-refractivity contribution in [3.8, 4) is 0 Å². The van der Waals surface area contributed by atoms with Crippen molar-refractivity contribution in [1.29, 1.82) is 0 Å². The summed E-state index contributed by atoms with van der Waals surface area (Å²) in [6, 6.07) is 1.46. The Balaban J connectivity index is 1.88. The van der Waals surface area contributed by atoms with E-state index in [1.165, 1.54) is 51.6 Å². The Morgan fingerprint density at radius 3 is 2.67 bits per heavy atom. The molecule has 2 nitrogen and oxygen atoms in total. The van der Waals surface area contributed by atoms with Gasteiger partial charge in [-0.1, -0.05) is 26.2 Å². The van der Waals surface area contributed by atoms with Gasteiger partial charge in [-0.15, -0.1) is 0 Å². The molecule has 1 heterocycles. The van der Waals surface area contributed by atoms with E-state index in [1.807, 2.05) is 0 Å². The van der Waals surface area contributed by atoms with Gasteiger partial charge in [0.05, 0.1) is 0 Å². The van der Waals surface area contributed by atoms with Crippen molar-refractivity contribution in [2.24, 2.45) is 5.92 Å². The number of unbranched alkanes of at least 4 members (excludes halogenated alkanes) is 2. The number of piperazine rings is 1. The summed E-state index contributed by atoms with van der Waals surface area (Å²) in [5, 5.41) is 3.82. The predicted molar refractivity (Wildman–Crippen MR) is 78.9 cm³/mol. The highest BCUT2D eigenvalue weighted by molar-refractivity contribution is 5.04. The van der Waals surface area contributed by atoms with Crippen molar-refractivity contribution in [1.82, 2.24) is 10.2 Å². The second-order valence-corrected chi connectivity index (χ2v) is 6.94. The summed E-state index contributed by atoms with van der Waals surface area (Å²) in [4.78, 5) is 2.77. The van der Waals surface area contributed by atoms with Crippen molar-refractivity contribution in [3.05, 3.63) is 0 Å². The van der Waals surface area contributed by atoms with Crippen molar-refractivity contribution >= 4 is 0 Å². The quantitative estimate of drug-likeness (QED) is 0.729. The Morgan fingerprint density at radius 2 is 2.06 bits per heavy atom. The molecule has 0 bridgehead atoms. The highest BCUT2D eigenvalue weighted by Crippen LogP contribution is 2.41. The summed E-state index contributed by atoms with van der Waals surface area (Å²) in [6.07, 6.45) is 8.38. The lowest BCUT2D eigenvalue weighted by Crippen LogP contribution is -2.64. The Hall–Kier alpha value is -0.0800. The average molecular weight is 252 g/mol. The van der Waals surface area contributed by atoms with Crippen LogP contribution >= 0.6 is 0 Å². The molecule has 1 N–H and O–H groups in total. The van der Waals surface area contributed by atoms with Crippen LogP contribution in [0.25, 0.3) is 0 Å². The molecular weight excluding hydrogens is 220 g/mol. The first-order chi connectivity index (χ1) is 8.57. The molecule has 2 aliphatic rings. The zero-order valence-corrected chi connectivity index (χ0v) is 12.8. The minimum Gasteiger partial charge on any atom is -0.308 e. The molecule has 0 aromatic heterocycles. The smallest absolute Gasteiger partial charge is 0.0309 e. The third-order valence-electron chi connectivity index (χ3n) is 5.15. The summed E-state index contributed by atoms with van der Waals surface area (Å²) >= 11 is 0. The number of rotatable bonds is 6. The molecule has 0 radical (unpaired) electrons. The first kappa shape index (κ1) is 14.3. The fraction of sp³-hybridized carbons (Fsp3) is 1.00. The fourth-order valence-corrected chi connectivity index (χ4v) is 3.53. The summed E-state index contributed by atoms with van der Waals surface area (Å²) in [6.45, 7) is 12.0. The van der Waals surface area contributed by atoms with E-state index in [1.54, 1.807) is 0 Å². The third-order valence-corrected chi connectivity index (χ3v) is 5.15. The second-order valence-electron chi connectivity index (χ2n) is 6.94. The maximum atomic E-state index is 3.82. The van der Waals surface area contributed by atoms with Crippen LogP contribution in [-0.4, -0.2) is 35.6 Å². The van der Waals surface area contributed by atoms with Gasteiger partial charge in [-0.3, -0.25) is 4.90 Å². The maximum absolute atomic E-state index is 3.82. The first-order valence-corrected chi connectivity index (χ1v) is 8.07. The van der Waals surface area contributed by atoms with Crippen LogP contribution in [0.5, 0.6) is 0 Å². The van der Waals surface area contributed by atoms with Crippen LogP contribution < -0.4 is 5.32 Å². The van der Waals surface area contributed by atoms with Crippen LogP contribution in [0.15, 0.2) is 0 Å². The van der Waals surface area contributed by atoms with Crippen molar-refractivity contribution < 1.29 is 0 Å². The zero-order chi connectivity index (χ0) is 13.2. The number of hydrogen-bond donors (Lipinski definition) is 1. The Morgan fingerprint density at radius 1 is 1.33 bits per heavy atom. The van der Waals surface area contributed by atoms with Crippen LogP contribution in [0, 0.1) is 5.92 Å². The molecule has 0 spiro atoms. The van der Waals surface area contributed by atoms with E-state index in [-0.39, 0.29) is 0 Å². The first-order valence-electron chi connectivity index (χ1n) is 8.07. The molecule has 2 heteroatoms. The molecule has 1 saturated heterocycles. The lowest BCUT2D eigenvalue weighted by molar-refractivity contribution is 0.0482. The van der Waals surface area contributed by atoms with Gasteiger partial charge in [0.25, 0.3) is 0 Å². The van der Waals surface area contributed by atoms with E-state index < -0.39 is 0 Å². The van der Waals surface area contributed by atoms with E-state index >= 15 is 0 Å². The van der Waals surface area contributed by atoms with Crippen LogP contribution in [0.2, 0.25) is 0 Å². The van der Waals surface area contributed by atoms with Crippen LogP contribution in [-0.2, 0) is 0 Å². The molecule has 2 rings (SSSR count). The standard InChI is InChI=1S/C16H32N2/c1-5-6-7-8-13(2)18-12-16(4,15-9-10-15)17-11-14(18)3/h13-15,17H,5-12H2,1-4H3. The number of nitrogens with one attached hydrogen (secondary N) is 1. The fourth-order valence-electron chi connectivity index (χ4n) is 3.53. The third kappa shape index (κ3) is 3.27. The molecule has 18 heavy (non-hydrogen) atoms. The van der Waals surface area contributed by atoms with E-state index in [0.29, 0.717) is 11.6 Å². The minimum absolute atomic E-state index is 0.394. The molecule has 0 amide bonds. The molecular formula is C16H32N2. The van der Waals surface area contributed by atoms with E-state index in [2.05, 4.69) is 37.9 Å². The van der Waals surface area contributed by atoms with Gasteiger partial charge in [-0.05, 0) is 46.0 Å². The van der Waals surface area contributed by atoms with Gasteiger partial charge in [0.1, 0.15) is 0 Å². The zero-order valence-electron chi connectivity index (χ0n) is 12.8. The molecule has 2 fully saturated rings. The van der Waals surface area contributed by atoms with E-state index in [9.17, 15) is 0 Å². The molecule has 3 unspecified atom stereocenters. The molecule has 1 aliphatic heterocycles. The molecule has 0 aromatic carbocycles. The topological polar surface area (TPSA) is 15.3 Å². The van der Waals surface area contributed by atoms with E-state index in [0.717, 1.165) is 12.0 Å². The van der Waals surface area contributed by atoms with Gasteiger partial charge in [0, 0.05) is 30.7 Å². The van der Waals surface area contributed by atoms with Crippen molar-refractivity contribution in [2.45, 2.75) is 83.8 Å². The van der Waals surface area contributed by atoms with Crippen LogP contribution in [0.1, 0.15) is 66.2 Å². The maximum Gasteiger partial charge on any atom is 0.0309 e. The SMILES string of the molecule is CCCCCC(C)N1CC(C)(C2CC2)NCC1C. The van der Waals surface area contributed by atoms with Crippen molar-refractivity contribution in [3.63, 3.8) is 0 Å². The minimum atomic E-state index is 0.394. The van der Waals surface area contributed by atoms with E-state index in [4.69, 9.17) is 0 Å². The highest BCUT2D eigenvalue weighted by Gasteiger charge is 2.45. The largest absolute Gasteiger partial charge is 0.308 e. The number of hydrogen-bond acceptors (Lipinski definition) is 2. The van der Waals surface area contributed by atoms with Gasteiger partial charge in [0.15, 0.2) is 0 Å². The summed E-state index contributed by atoms with van der Waals surface area (Å²) < 4.78 is 0. The molecule has 0 aromatic rings. The Kier molecular flexibility index (Phi) is 4.71. The van der Waals surface area contributed by atoms with Crippen LogP contribution in [0.3, 0.4) is 0 Å². The lowest BCUT2D eigenvalue weighted by atomic mass is 9.89.